The Bertz CT molecular complexity index is 619. The predicted molar refractivity (Wildman–Crippen MR) is 76.5 cm³/mol. The minimum atomic E-state index is -0.790. The van der Waals surface area contributed by atoms with Gasteiger partial charge in [0.1, 0.15) is 12.1 Å². The van der Waals surface area contributed by atoms with E-state index in [-0.39, 0.29) is 18.1 Å². The fourth-order valence-electron chi connectivity index (χ4n) is 1.90. The average molecular weight is 289 g/mol. The number of aromatic nitrogens is 2. The number of aldehydes is 1. The summed E-state index contributed by atoms with van der Waals surface area (Å²) in [5, 5.41) is 12.1. The highest BCUT2D eigenvalue weighted by atomic mass is 19.1. The molecule has 1 aromatic carbocycles. The number of aliphatic hydroxyl groups is 1. The first kappa shape index (κ1) is 15.1. The molecule has 2 unspecified atom stereocenters. The molecule has 1 heterocycles. The molecule has 0 saturated heterocycles. The zero-order valence-corrected chi connectivity index (χ0v) is 11.5. The predicted octanol–water partition coefficient (Wildman–Crippen LogP) is 1.74. The Morgan fingerprint density at radius 3 is 2.81 bits per heavy atom. The van der Waals surface area contributed by atoms with Crippen LogP contribution < -0.4 is 5.32 Å². The number of carbonyl (C=O) groups is 1. The standard InChI is InChI=1S/C15H16FN3O2/c1-10(21)8-18-15-17-7-6-14(19-15)12(9-20)11-4-2-3-5-13(11)16/h2-7,9-10,12,21H,8H2,1H3,(H,17,18,19). The molecule has 2 rings (SSSR count). The van der Waals surface area contributed by atoms with Crippen LogP contribution in [0, 0.1) is 5.82 Å². The lowest BCUT2D eigenvalue weighted by Crippen LogP contribution is -2.17. The summed E-state index contributed by atoms with van der Waals surface area (Å²) < 4.78 is 13.8. The summed E-state index contributed by atoms with van der Waals surface area (Å²) in [6.45, 7) is 1.92. The number of halogens is 1. The fraction of sp³-hybridized carbons (Fsp3) is 0.267. The van der Waals surface area contributed by atoms with Crippen LogP contribution in [0.5, 0.6) is 0 Å². The molecular formula is C15H16FN3O2. The lowest BCUT2D eigenvalue weighted by molar-refractivity contribution is -0.108. The number of nitrogens with zero attached hydrogens (tertiary/aromatic N) is 2. The van der Waals surface area contributed by atoms with Crippen LogP contribution >= 0.6 is 0 Å². The molecule has 0 bridgehead atoms. The van der Waals surface area contributed by atoms with Crippen molar-refractivity contribution in [3.63, 3.8) is 0 Å². The number of benzene rings is 1. The van der Waals surface area contributed by atoms with Crippen molar-refractivity contribution < 1.29 is 14.3 Å². The maximum atomic E-state index is 13.8. The third-order valence-corrected chi connectivity index (χ3v) is 2.93. The molecule has 2 N–H and O–H groups in total. The van der Waals surface area contributed by atoms with E-state index in [1.54, 1.807) is 31.2 Å². The molecule has 0 amide bonds. The number of carbonyl (C=O) groups excluding carboxylic acids is 1. The molecule has 0 radical (unpaired) electrons. The Morgan fingerprint density at radius 1 is 1.38 bits per heavy atom. The van der Waals surface area contributed by atoms with E-state index in [2.05, 4.69) is 15.3 Å². The maximum Gasteiger partial charge on any atom is 0.222 e. The molecule has 0 saturated carbocycles. The zero-order chi connectivity index (χ0) is 15.2. The van der Waals surface area contributed by atoms with E-state index < -0.39 is 17.8 Å². The molecule has 0 aliphatic rings. The van der Waals surface area contributed by atoms with E-state index in [4.69, 9.17) is 0 Å². The van der Waals surface area contributed by atoms with Crippen LogP contribution in [0.25, 0.3) is 0 Å². The number of rotatable bonds is 6. The van der Waals surface area contributed by atoms with Crippen molar-refractivity contribution >= 4 is 12.2 Å². The van der Waals surface area contributed by atoms with Gasteiger partial charge >= 0.3 is 0 Å². The molecule has 6 heteroatoms. The molecule has 0 aliphatic carbocycles. The lowest BCUT2D eigenvalue weighted by atomic mass is 9.96. The summed E-state index contributed by atoms with van der Waals surface area (Å²) in [4.78, 5) is 19.6. The summed E-state index contributed by atoms with van der Waals surface area (Å²) in [6.07, 6.45) is 1.59. The Morgan fingerprint density at radius 2 is 2.14 bits per heavy atom. The van der Waals surface area contributed by atoms with Crippen LogP contribution in [0.15, 0.2) is 36.5 Å². The van der Waals surface area contributed by atoms with Gasteiger partial charge in [0.2, 0.25) is 5.95 Å². The summed E-state index contributed by atoms with van der Waals surface area (Å²) in [5.74, 6) is -0.954. The zero-order valence-electron chi connectivity index (χ0n) is 11.5. The van der Waals surface area contributed by atoms with E-state index in [0.29, 0.717) is 12.0 Å². The molecule has 5 nitrogen and oxygen atoms in total. The van der Waals surface area contributed by atoms with Gasteiger partial charge in [0.05, 0.1) is 17.7 Å². The molecule has 2 aromatic rings. The Balaban J connectivity index is 2.28. The number of aliphatic hydroxyl groups excluding tert-OH is 1. The third kappa shape index (κ3) is 3.82. The van der Waals surface area contributed by atoms with E-state index >= 15 is 0 Å². The smallest absolute Gasteiger partial charge is 0.222 e. The largest absolute Gasteiger partial charge is 0.392 e. The van der Waals surface area contributed by atoms with Crippen LogP contribution in [0.2, 0.25) is 0 Å². The molecule has 0 spiro atoms. The molecule has 110 valence electrons. The third-order valence-electron chi connectivity index (χ3n) is 2.93. The second kappa shape index (κ2) is 6.90. The van der Waals surface area contributed by atoms with Crippen LogP contribution in [0.1, 0.15) is 24.1 Å². The van der Waals surface area contributed by atoms with Gasteiger partial charge in [0.25, 0.3) is 0 Å². The Kier molecular flexibility index (Phi) is 4.94. The van der Waals surface area contributed by atoms with Crippen molar-refractivity contribution in [2.75, 3.05) is 11.9 Å². The van der Waals surface area contributed by atoms with E-state index in [1.807, 2.05) is 0 Å². The van der Waals surface area contributed by atoms with Gasteiger partial charge in [0, 0.05) is 18.3 Å². The van der Waals surface area contributed by atoms with Gasteiger partial charge in [-0.05, 0) is 19.1 Å². The molecule has 21 heavy (non-hydrogen) atoms. The highest BCUT2D eigenvalue weighted by Gasteiger charge is 2.18. The van der Waals surface area contributed by atoms with Crippen LogP contribution in [0.3, 0.4) is 0 Å². The number of hydrogen-bond acceptors (Lipinski definition) is 5. The Hall–Kier alpha value is -2.34. The van der Waals surface area contributed by atoms with Crippen molar-refractivity contribution in [2.45, 2.75) is 18.9 Å². The van der Waals surface area contributed by atoms with Crippen molar-refractivity contribution in [3.05, 3.63) is 53.6 Å². The van der Waals surface area contributed by atoms with Crippen molar-refractivity contribution in [1.29, 1.82) is 0 Å². The average Bonchev–Trinajstić information content (AvgIpc) is 2.48. The van der Waals surface area contributed by atoms with Gasteiger partial charge in [-0.25, -0.2) is 14.4 Å². The summed E-state index contributed by atoms with van der Waals surface area (Å²) >= 11 is 0. The fourth-order valence-corrected chi connectivity index (χ4v) is 1.90. The Labute approximate surface area is 121 Å². The first-order chi connectivity index (χ1) is 10.1. The van der Waals surface area contributed by atoms with Gasteiger partial charge < -0.3 is 15.2 Å². The van der Waals surface area contributed by atoms with Gasteiger partial charge in [-0.1, -0.05) is 18.2 Å². The van der Waals surface area contributed by atoms with Crippen molar-refractivity contribution in [3.8, 4) is 0 Å². The van der Waals surface area contributed by atoms with Crippen LogP contribution in [-0.2, 0) is 4.79 Å². The van der Waals surface area contributed by atoms with Crippen LogP contribution in [-0.4, -0.2) is 34.0 Å². The van der Waals surface area contributed by atoms with Gasteiger partial charge in [-0.3, -0.25) is 0 Å². The van der Waals surface area contributed by atoms with Crippen molar-refractivity contribution in [2.24, 2.45) is 0 Å². The minimum absolute atomic E-state index is 0.271. The summed E-state index contributed by atoms with van der Waals surface area (Å²) in [7, 11) is 0. The monoisotopic (exact) mass is 289 g/mol. The van der Waals surface area contributed by atoms with E-state index in [9.17, 15) is 14.3 Å². The minimum Gasteiger partial charge on any atom is -0.392 e. The van der Waals surface area contributed by atoms with E-state index in [0.717, 1.165) is 0 Å². The maximum absolute atomic E-state index is 13.8. The summed E-state index contributed by atoms with van der Waals surface area (Å²) in [6, 6.07) is 7.66. The van der Waals surface area contributed by atoms with Crippen molar-refractivity contribution in [1.82, 2.24) is 9.97 Å². The molecule has 0 fully saturated rings. The second-order valence-corrected chi connectivity index (χ2v) is 4.67. The normalized spacial score (nSPS) is 13.5. The molecule has 0 aliphatic heterocycles. The highest BCUT2D eigenvalue weighted by Crippen LogP contribution is 2.23. The molecular weight excluding hydrogens is 273 g/mol. The highest BCUT2D eigenvalue weighted by molar-refractivity contribution is 5.67. The number of hydrogen-bond donors (Lipinski definition) is 2. The van der Waals surface area contributed by atoms with Gasteiger partial charge in [-0.15, -0.1) is 0 Å². The quantitative estimate of drug-likeness (QED) is 0.792. The lowest BCUT2D eigenvalue weighted by Gasteiger charge is -2.13. The number of anilines is 1. The summed E-state index contributed by atoms with van der Waals surface area (Å²) in [5.41, 5.74) is 0.672. The van der Waals surface area contributed by atoms with Gasteiger partial charge in [-0.2, -0.15) is 0 Å². The first-order valence-electron chi connectivity index (χ1n) is 6.56. The second-order valence-electron chi connectivity index (χ2n) is 4.67. The van der Waals surface area contributed by atoms with E-state index in [1.165, 1.54) is 12.3 Å². The SMILES string of the molecule is CC(O)CNc1nccc(C(C=O)c2ccccc2F)n1. The van der Waals surface area contributed by atoms with Gasteiger partial charge in [0.15, 0.2) is 0 Å². The molecule has 2 atom stereocenters. The number of nitrogens with one attached hydrogen (secondary N) is 1. The topological polar surface area (TPSA) is 75.1 Å². The molecule has 1 aromatic heterocycles. The van der Waals surface area contributed by atoms with Crippen LogP contribution in [0.4, 0.5) is 10.3 Å². The first-order valence-corrected chi connectivity index (χ1v) is 6.56.